The van der Waals surface area contributed by atoms with Crippen LogP contribution in [0, 0.1) is 0 Å². The smallest absolute Gasteiger partial charge is 0.191 e. The van der Waals surface area contributed by atoms with Gasteiger partial charge in [0.15, 0.2) is 17.5 Å². The van der Waals surface area contributed by atoms with Gasteiger partial charge in [-0.2, -0.15) is 0 Å². The van der Waals surface area contributed by atoms with E-state index in [2.05, 4.69) is 35.5 Å². The summed E-state index contributed by atoms with van der Waals surface area (Å²) in [4.78, 5) is 4.40. The van der Waals surface area contributed by atoms with E-state index in [1.807, 2.05) is 36.4 Å². The highest BCUT2D eigenvalue weighted by molar-refractivity contribution is 5.80. The number of rotatable bonds is 5. The summed E-state index contributed by atoms with van der Waals surface area (Å²) in [7, 11) is 5.06. The number of methoxy groups -OCH3 is 2. The first-order chi connectivity index (χ1) is 13.5. The number of fused-ring (bicyclic) bond motifs is 1. The lowest BCUT2D eigenvalue weighted by Gasteiger charge is -2.38. The largest absolute Gasteiger partial charge is 0.493 e. The van der Waals surface area contributed by atoms with Crippen LogP contribution in [-0.4, -0.2) is 32.8 Å². The van der Waals surface area contributed by atoms with Crippen molar-refractivity contribution in [2.24, 2.45) is 4.99 Å². The van der Waals surface area contributed by atoms with E-state index in [9.17, 15) is 0 Å². The Kier molecular flexibility index (Phi) is 5.97. The van der Waals surface area contributed by atoms with Crippen molar-refractivity contribution in [3.63, 3.8) is 0 Å². The van der Waals surface area contributed by atoms with Gasteiger partial charge in [0.2, 0.25) is 0 Å². The fourth-order valence-corrected chi connectivity index (χ4v) is 3.56. The molecular formula is C22H29N3O3. The zero-order chi connectivity index (χ0) is 20.1. The molecule has 0 radical (unpaired) electrons. The fourth-order valence-electron chi connectivity index (χ4n) is 3.56. The van der Waals surface area contributed by atoms with Crippen LogP contribution >= 0.6 is 0 Å². The van der Waals surface area contributed by atoms with Gasteiger partial charge in [-0.15, -0.1) is 0 Å². The average molecular weight is 383 g/mol. The van der Waals surface area contributed by atoms with Gasteiger partial charge in [-0.05, 0) is 26.0 Å². The SMILES string of the molecule is CN=C(NCc1cccc(OC)c1OC)NC1CC(C)(C)Oc2ccccc21. The first-order valence-electron chi connectivity index (χ1n) is 9.42. The molecule has 0 fully saturated rings. The van der Waals surface area contributed by atoms with E-state index in [4.69, 9.17) is 14.2 Å². The lowest BCUT2D eigenvalue weighted by atomic mass is 9.90. The van der Waals surface area contributed by atoms with Crippen LogP contribution in [0.1, 0.15) is 37.4 Å². The third kappa shape index (κ3) is 4.32. The van der Waals surface area contributed by atoms with Crippen LogP contribution in [0.15, 0.2) is 47.5 Å². The van der Waals surface area contributed by atoms with Crippen LogP contribution in [0.4, 0.5) is 0 Å². The molecule has 0 saturated heterocycles. The molecule has 1 aliphatic heterocycles. The number of guanidine groups is 1. The zero-order valence-corrected chi connectivity index (χ0v) is 17.2. The molecule has 2 N–H and O–H groups in total. The van der Waals surface area contributed by atoms with E-state index >= 15 is 0 Å². The van der Waals surface area contributed by atoms with Crippen molar-refractivity contribution in [2.75, 3.05) is 21.3 Å². The molecule has 1 unspecified atom stereocenters. The first kappa shape index (κ1) is 19.9. The predicted molar refractivity (Wildman–Crippen MR) is 111 cm³/mol. The van der Waals surface area contributed by atoms with Crippen LogP contribution < -0.4 is 24.8 Å². The van der Waals surface area contributed by atoms with E-state index < -0.39 is 0 Å². The summed E-state index contributed by atoms with van der Waals surface area (Å²) in [5.41, 5.74) is 1.89. The second-order valence-electron chi connectivity index (χ2n) is 7.38. The highest BCUT2D eigenvalue weighted by atomic mass is 16.5. The average Bonchev–Trinajstić information content (AvgIpc) is 2.69. The molecular weight excluding hydrogens is 354 g/mol. The van der Waals surface area contributed by atoms with Gasteiger partial charge >= 0.3 is 0 Å². The van der Waals surface area contributed by atoms with Crippen LogP contribution in [0.2, 0.25) is 0 Å². The predicted octanol–water partition coefficient (Wildman–Crippen LogP) is 3.67. The van der Waals surface area contributed by atoms with Crippen molar-refractivity contribution in [3.05, 3.63) is 53.6 Å². The lowest BCUT2D eigenvalue weighted by molar-refractivity contribution is 0.0694. The molecule has 2 aromatic rings. The van der Waals surface area contributed by atoms with E-state index in [1.54, 1.807) is 21.3 Å². The summed E-state index contributed by atoms with van der Waals surface area (Å²) >= 11 is 0. The maximum absolute atomic E-state index is 6.12. The molecule has 6 heteroatoms. The molecule has 150 valence electrons. The molecule has 28 heavy (non-hydrogen) atoms. The highest BCUT2D eigenvalue weighted by Crippen LogP contribution is 2.39. The van der Waals surface area contributed by atoms with Crippen molar-refractivity contribution >= 4 is 5.96 Å². The maximum Gasteiger partial charge on any atom is 0.191 e. The minimum Gasteiger partial charge on any atom is -0.493 e. The van der Waals surface area contributed by atoms with Crippen molar-refractivity contribution in [1.82, 2.24) is 10.6 Å². The molecule has 0 amide bonds. The number of benzene rings is 2. The van der Waals surface area contributed by atoms with Crippen LogP contribution in [0.3, 0.4) is 0 Å². The Balaban J connectivity index is 1.74. The van der Waals surface area contributed by atoms with Gasteiger partial charge in [0.1, 0.15) is 11.4 Å². The van der Waals surface area contributed by atoms with Gasteiger partial charge in [-0.3, -0.25) is 4.99 Å². The van der Waals surface area contributed by atoms with Crippen LogP contribution in [0.5, 0.6) is 17.2 Å². The van der Waals surface area contributed by atoms with Gasteiger partial charge in [0, 0.05) is 31.1 Å². The molecule has 0 spiro atoms. The quantitative estimate of drug-likeness (QED) is 0.609. The summed E-state index contributed by atoms with van der Waals surface area (Å²) in [5.74, 6) is 3.08. The molecule has 0 bridgehead atoms. The molecule has 1 atom stereocenters. The second-order valence-corrected chi connectivity index (χ2v) is 7.38. The first-order valence-corrected chi connectivity index (χ1v) is 9.42. The van der Waals surface area contributed by atoms with Gasteiger partial charge in [-0.1, -0.05) is 30.3 Å². The van der Waals surface area contributed by atoms with Crippen molar-refractivity contribution in [3.8, 4) is 17.2 Å². The topological polar surface area (TPSA) is 64.1 Å². The summed E-state index contributed by atoms with van der Waals surface area (Å²) in [6.45, 7) is 4.78. The van der Waals surface area contributed by atoms with Crippen LogP contribution in [-0.2, 0) is 6.54 Å². The molecule has 1 aliphatic rings. The monoisotopic (exact) mass is 383 g/mol. The standard InChI is InChI=1S/C22H29N3O3/c1-22(2)13-17(16-10-6-7-11-18(16)28-22)25-21(23-3)24-14-15-9-8-12-19(26-4)20(15)27-5/h6-12,17H,13-14H2,1-5H3,(H2,23,24,25). The lowest BCUT2D eigenvalue weighted by Crippen LogP contribution is -2.45. The number of ether oxygens (including phenoxy) is 3. The van der Waals surface area contributed by atoms with Gasteiger partial charge in [0.25, 0.3) is 0 Å². The Morgan fingerprint density at radius 1 is 1.14 bits per heavy atom. The van der Waals surface area contributed by atoms with E-state index in [-0.39, 0.29) is 11.6 Å². The van der Waals surface area contributed by atoms with Crippen molar-refractivity contribution in [1.29, 1.82) is 0 Å². The Labute approximate surface area is 166 Å². The third-order valence-corrected chi connectivity index (χ3v) is 4.84. The number of nitrogens with zero attached hydrogens (tertiary/aromatic N) is 1. The van der Waals surface area contributed by atoms with Gasteiger partial charge < -0.3 is 24.8 Å². The maximum atomic E-state index is 6.12. The minimum absolute atomic E-state index is 0.110. The molecule has 0 aliphatic carbocycles. The number of para-hydroxylation sites is 2. The number of hydrogen-bond acceptors (Lipinski definition) is 4. The Hall–Kier alpha value is -2.89. The number of nitrogens with one attached hydrogen (secondary N) is 2. The zero-order valence-electron chi connectivity index (χ0n) is 17.2. The minimum atomic E-state index is -0.249. The van der Waals surface area contributed by atoms with E-state index in [0.29, 0.717) is 12.3 Å². The molecule has 2 aromatic carbocycles. The third-order valence-electron chi connectivity index (χ3n) is 4.84. The summed E-state index contributed by atoms with van der Waals surface area (Å²) in [6.07, 6.45) is 0.840. The van der Waals surface area contributed by atoms with E-state index in [1.165, 1.54) is 0 Å². The van der Waals surface area contributed by atoms with Crippen molar-refractivity contribution < 1.29 is 14.2 Å². The van der Waals surface area contributed by atoms with E-state index in [0.717, 1.165) is 35.0 Å². The highest BCUT2D eigenvalue weighted by Gasteiger charge is 2.33. The van der Waals surface area contributed by atoms with Gasteiger partial charge in [0.05, 0.1) is 20.3 Å². The molecule has 0 aromatic heterocycles. The van der Waals surface area contributed by atoms with Crippen molar-refractivity contribution in [2.45, 2.75) is 38.5 Å². The van der Waals surface area contributed by atoms with Crippen LogP contribution in [0.25, 0.3) is 0 Å². The number of aliphatic imine (C=N–C) groups is 1. The summed E-state index contributed by atoms with van der Waals surface area (Å²) in [5, 5.41) is 6.92. The number of hydrogen-bond donors (Lipinski definition) is 2. The summed E-state index contributed by atoms with van der Waals surface area (Å²) < 4.78 is 17.0. The Morgan fingerprint density at radius 3 is 2.64 bits per heavy atom. The normalized spacial score (nSPS) is 17.9. The Bertz CT molecular complexity index is 849. The fraction of sp³-hybridized carbons (Fsp3) is 0.409. The molecule has 0 saturated carbocycles. The molecule has 6 nitrogen and oxygen atoms in total. The molecule has 3 rings (SSSR count). The molecule has 1 heterocycles. The summed E-state index contributed by atoms with van der Waals surface area (Å²) in [6, 6.07) is 14.1. The Morgan fingerprint density at radius 2 is 1.93 bits per heavy atom. The second kappa shape index (κ2) is 8.42. The van der Waals surface area contributed by atoms with Gasteiger partial charge in [-0.25, -0.2) is 0 Å².